The Labute approximate surface area is 160 Å². The average molecular weight is 389 g/mol. The molecule has 26 heavy (non-hydrogen) atoms. The standard InChI is InChI=1S/C19H17ClN2O3S/c20-14-5-2-1-4-13(14)18-7-8-22(9-11-26-18)19(23)15-12-17(25-21-15)16-6-3-10-24-16/h1-6,10,12,18H,7-9,11H2/t18-/m1/s1. The van der Waals surface area contributed by atoms with Crippen molar-refractivity contribution in [2.24, 2.45) is 0 Å². The molecule has 0 bridgehead atoms. The first kappa shape index (κ1) is 17.2. The number of furan rings is 1. The number of thioether (sulfide) groups is 1. The van der Waals surface area contributed by atoms with Gasteiger partial charge in [0.1, 0.15) is 0 Å². The van der Waals surface area contributed by atoms with E-state index < -0.39 is 0 Å². The van der Waals surface area contributed by atoms with Crippen molar-refractivity contribution >= 4 is 29.3 Å². The Morgan fingerprint density at radius 1 is 1.19 bits per heavy atom. The summed E-state index contributed by atoms with van der Waals surface area (Å²) in [5.41, 5.74) is 1.44. The van der Waals surface area contributed by atoms with Gasteiger partial charge in [0, 0.05) is 35.2 Å². The van der Waals surface area contributed by atoms with Crippen LogP contribution in [0.25, 0.3) is 11.5 Å². The minimum atomic E-state index is -0.119. The monoisotopic (exact) mass is 388 g/mol. The van der Waals surface area contributed by atoms with Gasteiger partial charge in [0.25, 0.3) is 5.91 Å². The topological polar surface area (TPSA) is 59.5 Å². The van der Waals surface area contributed by atoms with Crippen molar-refractivity contribution in [2.75, 3.05) is 18.8 Å². The first-order chi connectivity index (χ1) is 12.7. The van der Waals surface area contributed by atoms with E-state index in [1.54, 1.807) is 24.5 Å². The van der Waals surface area contributed by atoms with E-state index in [1.807, 2.05) is 34.9 Å². The van der Waals surface area contributed by atoms with E-state index in [9.17, 15) is 4.79 Å². The highest BCUT2D eigenvalue weighted by Gasteiger charge is 2.26. The van der Waals surface area contributed by atoms with Crippen LogP contribution in [0, 0.1) is 0 Å². The third kappa shape index (κ3) is 3.52. The van der Waals surface area contributed by atoms with Gasteiger partial charge in [0.05, 0.1) is 6.26 Å². The minimum absolute atomic E-state index is 0.119. The molecular weight excluding hydrogens is 372 g/mol. The molecule has 0 unspecified atom stereocenters. The van der Waals surface area contributed by atoms with Gasteiger partial charge < -0.3 is 13.8 Å². The summed E-state index contributed by atoms with van der Waals surface area (Å²) >= 11 is 8.17. The molecule has 1 fully saturated rings. The van der Waals surface area contributed by atoms with Crippen LogP contribution in [0.3, 0.4) is 0 Å². The number of rotatable bonds is 3. The van der Waals surface area contributed by atoms with E-state index in [0.717, 1.165) is 22.8 Å². The molecule has 134 valence electrons. The van der Waals surface area contributed by atoms with E-state index in [2.05, 4.69) is 11.2 Å². The Hall–Kier alpha value is -2.18. The third-order valence-electron chi connectivity index (χ3n) is 4.37. The van der Waals surface area contributed by atoms with Crippen LogP contribution in [0.2, 0.25) is 5.02 Å². The van der Waals surface area contributed by atoms with E-state index in [0.29, 0.717) is 30.3 Å². The summed E-state index contributed by atoms with van der Waals surface area (Å²) in [7, 11) is 0. The lowest BCUT2D eigenvalue weighted by Crippen LogP contribution is -2.33. The quantitative estimate of drug-likeness (QED) is 0.638. The van der Waals surface area contributed by atoms with E-state index in [4.69, 9.17) is 20.5 Å². The van der Waals surface area contributed by atoms with Crippen LogP contribution in [-0.2, 0) is 0 Å². The van der Waals surface area contributed by atoms with E-state index in [1.165, 1.54) is 0 Å². The van der Waals surface area contributed by atoms with Gasteiger partial charge in [-0.15, -0.1) is 0 Å². The number of carbonyl (C=O) groups excluding carboxylic acids is 1. The number of carbonyl (C=O) groups is 1. The third-order valence-corrected chi connectivity index (χ3v) is 6.03. The lowest BCUT2D eigenvalue weighted by molar-refractivity contribution is 0.0756. The Bertz CT molecular complexity index is 894. The molecule has 0 spiro atoms. The van der Waals surface area contributed by atoms with Crippen LogP contribution in [0.1, 0.15) is 27.7 Å². The van der Waals surface area contributed by atoms with Crippen LogP contribution in [0.4, 0.5) is 0 Å². The summed E-state index contributed by atoms with van der Waals surface area (Å²) in [6, 6.07) is 13.1. The molecule has 1 amide bonds. The molecule has 1 saturated heterocycles. The molecule has 1 aliphatic rings. The molecule has 0 radical (unpaired) electrons. The molecule has 1 aliphatic heterocycles. The number of hydrogen-bond donors (Lipinski definition) is 0. The molecule has 7 heteroatoms. The predicted octanol–water partition coefficient (Wildman–Crippen LogP) is 4.91. The van der Waals surface area contributed by atoms with Crippen LogP contribution >= 0.6 is 23.4 Å². The van der Waals surface area contributed by atoms with Crippen molar-refractivity contribution in [3.05, 3.63) is 65.0 Å². The van der Waals surface area contributed by atoms with Crippen LogP contribution in [0.5, 0.6) is 0 Å². The lowest BCUT2D eigenvalue weighted by Gasteiger charge is -2.19. The summed E-state index contributed by atoms with van der Waals surface area (Å²) in [6.45, 7) is 1.33. The summed E-state index contributed by atoms with van der Waals surface area (Å²) in [4.78, 5) is 14.6. The van der Waals surface area contributed by atoms with E-state index in [-0.39, 0.29) is 11.2 Å². The molecule has 3 heterocycles. The first-order valence-electron chi connectivity index (χ1n) is 8.38. The summed E-state index contributed by atoms with van der Waals surface area (Å²) < 4.78 is 10.5. The maximum atomic E-state index is 12.8. The van der Waals surface area contributed by atoms with Gasteiger partial charge >= 0.3 is 0 Å². The highest BCUT2D eigenvalue weighted by Crippen LogP contribution is 2.38. The minimum Gasteiger partial charge on any atom is -0.461 e. The van der Waals surface area contributed by atoms with Gasteiger partial charge in [-0.3, -0.25) is 4.79 Å². The Balaban J connectivity index is 1.46. The van der Waals surface area contributed by atoms with Crippen molar-refractivity contribution in [2.45, 2.75) is 11.7 Å². The summed E-state index contributed by atoms with van der Waals surface area (Å²) in [5.74, 6) is 1.75. The molecule has 2 aromatic heterocycles. The number of benzene rings is 1. The molecule has 0 saturated carbocycles. The Morgan fingerprint density at radius 2 is 2.08 bits per heavy atom. The van der Waals surface area contributed by atoms with Crippen LogP contribution < -0.4 is 0 Å². The second-order valence-electron chi connectivity index (χ2n) is 6.02. The first-order valence-corrected chi connectivity index (χ1v) is 9.81. The summed E-state index contributed by atoms with van der Waals surface area (Å²) in [5, 5.41) is 4.99. The second kappa shape index (κ2) is 7.60. The highest BCUT2D eigenvalue weighted by molar-refractivity contribution is 7.99. The van der Waals surface area contributed by atoms with Crippen LogP contribution in [-0.4, -0.2) is 34.8 Å². The molecule has 5 nitrogen and oxygen atoms in total. The van der Waals surface area contributed by atoms with Gasteiger partial charge in [0.2, 0.25) is 5.76 Å². The van der Waals surface area contributed by atoms with Crippen molar-refractivity contribution < 1.29 is 13.7 Å². The largest absolute Gasteiger partial charge is 0.461 e. The molecular formula is C19H17ClN2O3S. The van der Waals surface area contributed by atoms with Crippen molar-refractivity contribution in [1.82, 2.24) is 10.1 Å². The van der Waals surface area contributed by atoms with Crippen LogP contribution in [0.15, 0.2) is 57.7 Å². The van der Waals surface area contributed by atoms with Gasteiger partial charge in [-0.1, -0.05) is 35.0 Å². The molecule has 4 rings (SSSR count). The number of amides is 1. The zero-order valence-electron chi connectivity index (χ0n) is 13.9. The number of nitrogens with zero attached hydrogens (tertiary/aromatic N) is 2. The summed E-state index contributed by atoms with van der Waals surface area (Å²) in [6.07, 6.45) is 2.41. The maximum Gasteiger partial charge on any atom is 0.276 e. The highest BCUT2D eigenvalue weighted by atomic mass is 35.5. The number of aromatic nitrogens is 1. The Kier molecular flexibility index (Phi) is 5.04. The molecule has 1 atom stereocenters. The predicted molar refractivity (Wildman–Crippen MR) is 101 cm³/mol. The smallest absolute Gasteiger partial charge is 0.276 e. The molecule has 1 aromatic carbocycles. The van der Waals surface area contributed by atoms with Crippen molar-refractivity contribution in [3.8, 4) is 11.5 Å². The number of halogens is 1. The molecule has 0 aliphatic carbocycles. The maximum absolute atomic E-state index is 12.8. The zero-order chi connectivity index (χ0) is 17.9. The van der Waals surface area contributed by atoms with Gasteiger partial charge in [-0.25, -0.2) is 0 Å². The molecule has 3 aromatic rings. The fourth-order valence-corrected chi connectivity index (χ4v) is 4.63. The number of hydrogen-bond acceptors (Lipinski definition) is 5. The van der Waals surface area contributed by atoms with Gasteiger partial charge in [0.15, 0.2) is 11.5 Å². The fraction of sp³-hybridized carbons (Fsp3) is 0.263. The van der Waals surface area contributed by atoms with Crippen molar-refractivity contribution in [3.63, 3.8) is 0 Å². The fourth-order valence-electron chi connectivity index (χ4n) is 3.03. The van der Waals surface area contributed by atoms with E-state index >= 15 is 0 Å². The van der Waals surface area contributed by atoms with Gasteiger partial charge in [-0.05, 0) is 30.2 Å². The SMILES string of the molecule is O=C(c1cc(-c2ccco2)on1)N1CCS[C@@H](c2ccccc2Cl)CC1. The zero-order valence-corrected chi connectivity index (χ0v) is 15.5. The van der Waals surface area contributed by atoms with Crippen molar-refractivity contribution in [1.29, 1.82) is 0 Å². The lowest BCUT2D eigenvalue weighted by atomic mass is 10.1. The molecule has 0 N–H and O–H groups in total. The van der Waals surface area contributed by atoms with Gasteiger partial charge in [-0.2, -0.15) is 11.8 Å². The Morgan fingerprint density at radius 3 is 2.88 bits per heavy atom. The normalized spacial score (nSPS) is 17.9. The second-order valence-corrected chi connectivity index (χ2v) is 7.73. The average Bonchev–Trinajstić information content (AvgIpc) is 3.29.